The number of aliphatic imine (C=N–C) groups is 1. The molecule has 0 aliphatic carbocycles. The molecule has 1 amide bonds. The lowest BCUT2D eigenvalue weighted by Crippen LogP contribution is -2.40. The standard InChI is InChI=1S/C24H33N5O.HI/c1-18(21-10-4-3-5-11-21)28-24(26-2)27-15-19-8-6-9-20(14-19)16-29-13-7-12-22(17-29)23(25)30;/h3-6,8-11,14,18,22H,7,12-13,15-17H2,1-2H3,(H2,25,30)(H2,26,27,28);1H. The minimum atomic E-state index is -0.179. The molecule has 1 aliphatic heterocycles. The molecule has 1 saturated heterocycles. The van der Waals surface area contributed by atoms with Gasteiger partial charge in [0.05, 0.1) is 12.0 Å². The predicted molar refractivity (Wildman–Crippen MR) is 137 cm³/mol. The van der Waals surface area contributed by atoms with Crippen LogP contribution in [0.25, 0.3) is 0 Å². The highest BCUT2D eigenvalue weighted by Crippen LogP contribution is 2.19. The molecule has 2 aromatic rings. The van der Waals surface area contributed by atoms with Crippen LogP contribution in [0.4, 0.5) is 0 Å². The van der Waals surface area contributed by atoms with Gasteiger partial charge in [-0.3, -0.25) is 14.7 Å². The lowest BCUT2D eigenvalue weighted by molar-refractivity contribution is -0.123. The van der Waals surface area contributed by atoms with Gasteiger partial charge in [-0.2, -0.15) is 0 Å². The Bertz CT molecular complexity index is 858. The third kappa shape index (κ3) is 7.81. The van der Waals surface area contributed by atoms with Gasteiger partial charge in [0.2, 0.25) is 5.91 Å². The number of nitrogens with one attached hydrogen (secondary N) is 2. The number of amides is 1. The molecule has 4 N–H and O–H groups in total. The molecular weight excluding hydrogens is 501 g/mol. The van der Waals surface area contributed by atoms with E-state index < -0.39 is 0 Å². The zero-order valence-corrected chi connectivity index (χ0v) is 20.7. The number of benzene rings is 2. The first kappa shape index (κ1) is 25.1. The first-order valence-corrected chi connectivity index (χ1v) is 10.7. The van der Waals surface area contributed by atoms with Crippen molar-refractivity contribution in [3.05, 3.63) is 71.3 Å². The molecule has 7 heteroatoms. The summed E-state index contributed by atoms with van der Waals surface area (Å²) in [7, 11) is 1.79. The van der Waals surface area contributed by atoms with Crippen molar-refractivity contribution in [1.29, 1.82) is 0 Å². The van der Waals surface area contributed by atoms with Gasteiger partial charge >= 0.3 is 0 Å². The number of hydrogen-bond donors (Lipinski definition) is 3. The fourth-order valence-electron chi connectivity index (χ4n) is 3.94. The molecule has 0 bridgehead atoms. The molecule has 2 unspecified atom stereocenters. The lowest BCUT2D eigenvalue weighted by atomic mass is 9.97. The Morgan fingerprint density at radius 3 is 2.65 bits per heavy atom. The highest BCUT2D eigenvalue weighted by Gasteiger charge is 2.23. The van der Waals surface area contributed by atoms with Crippen molar-refractivity contribution in [2.45, 2.75) is 38.9 Å². The van der Waals surface area contributed by atoms with Gasteiger partial charge < -0.3 is 16.4 Å². The van der Waals surface area contributed by atoms with E-state index in [1.165, 1.54) is 16.7 Å². The summed E-state index contributed by atoms with van der Waals surface area (Å²) in [5.74, 6) is 0.572. The van der Waals surface area contributed by atoms with Crippen LogP contribution in [-0.2, 0) is 17.9 Å². The molecule has 2 aromatic carbocycles. The van der Waals surface area contributed by atoms with Crippen LogP contribution in [0.2, 0.25) is 0 Å². The van der Waals surface area contributed by atoms with E-state index in [0.717, 1.165) is 38.4 Å². The van der Waals surface area contributed by atoms with Gasteiger partial charge in [-0.1, -0.05) is 54.6 Å². The summed E-state index contributed by atoms with van der Waals surface area (Å²) in [5, 5.41) is 6.84. The highest BCUT2D eigenvalue weighted by atomic mass is 127. The van der Waals surface area contributed by atoms with Crippen molar-refractivity contribution >= 4 is 35.8 Å². The average molecular weight is 535 g/mol. The Morgan fingerprint density at radius 1 is 1.19 bits per heavy atom. The number of hydrogen-bond acceptors (Lipinski definition) is 3. The summed E-state index contributed by atoms with van der Waals surface area (Å²) in [6.45, 7) is 5.43. The van der Waals surface area contributed by atoms with Crippen molar-refractivity contribution in [3.63, 3.8) is 0 Å². The molecule has 0 radical (unpaired) electrons. The molecule has 3 rings (SSSR count). The van der Waals surface area contributed by atoms with E-state index in [1.807, 2.05) is 18.2 Å². The second-order valence-corrected chi connectivity index (χ2v) is 8.00. The molecule has 168 valence electrons. The number of likely N-dealkylation sites (tertiary alicyclic amines) is 1. The average Bonchev–Trinajstić information content (AvgIpc) is 2.77. The number of rotatable bonds is 7. The van der Waals surface area contributed by atoms with E-state index in [2.05, 4.69) is 63.8 Å². The molecule has 6 nitrogen and oxygen atoms in total. The van der Waals surface area contributed by atoms with E-state index in [0.29, 0.717) is 6.54 Å². The summed E-state index contributed by atoms with van der Waals surface area (Å²) in [4.78, 5) is 18.2. The fraction of sp³-hybridized carbons (Fsp3) is 0.417. The van der Waals surface area contributed by atoms with Gasteiger partial charge in [0.15, 0.2) is 5.96 Å². The van der Waals surface area contributed by atoms with Crippen LogP contribution in [0, 0.1) is 5.92 Å². The van der Waals surface area contributed by atoms with E-state index in [1.54, 1.807) is 7.05 Å². The SMILES string of the molecule is CN=C(NCc1cccc(CN2CCCC(C(N)=O)C2)c1)NC(C)c1ccccc1.I. The minimum absolute atomic E-state index is 0. The van der Waals surface area contributed by atoms with E-state index >= 15 is 0 Å². The molecule has 0 spiro atoms. The van der Waals surface area contributed by atoms with E-state index in [-0.39, 0.29) is 41.8 Å². The number of piperidine rings is 1. The quantitative estimate of drug-likeness (QED) is 0.288. The van der Waals surface area contributed by atoms with Gasteiger partial charge in [-0.25, -0.2) is 0 Å². The lowest BCUT2D eigenvalue weighted by Gasteiger charge is -2.31. The van der Waals surface area contributed by atoms with Crippen molar-refractivity contribution in [2.24, 2.45) is 16.6 Å². The normalized spacial score (nSPS) is 18.0. The Labute approximate surface area is 202 Å². The van der Waals surface area contributed by atoms with Crippen molar-refractivity contribution < 1.29 is 4.79 Å². The number of nitrogens with zero attached hydrogens (tertiary/aromatic N) is 2. The monoisotopic (exact) mass is 535 g/mol. The largest absolute Gasteiger partial charge is 0.369 e. The fourth-order valence-corrected chi connectivity index (χ4v) is 3.94. The van der Waals surface area contributed by atoms with Crippen LogP contribution in [0.15, 0.2) is 59.6 Å². The molecule has 0 aromatic heterocycles. The van der Waals surface area contributed by atoms with E-state index in [4.69, 9.17) is 5.73 Å². The second kappa shape index (κ2) is 12.7. The van der Waals surface area contributed by atoms with Crippen LogP contribution in [0.3, 0.4) is 0 Å². The Morgan fingerprint density at radius 2 is 1.94 bits per heavy atom. The zero-order chi connectivity index (χ0) is 21.3. The van der Waals surface area contributed by atoms with Crippen molar-refractivity contribution in [3.8, 4) is 0 Å². The minimum Gasteiger partial charge on any atom is -0.369 e. The number of primary amides is 1. The van der Waals surface area contributed by atoms with Crippen molar-refractivity contribution in [2.75, 3.05) is 20.1 Å². The van der Waals surface area contributed by atoms with Gasteiger partial charge in [0.1, 0.15) is 0 Å². The van der Waals surface area contributed by atoms with Crippen LogP contribution in [-0.4, -0.2) is 36.9 Å². The van der Waals surface area contributed by atoms with Crippen LogP contribution in [0.5, 0.6) is 0 Å². The predicted octanol–water partition coefficient (Wildman–Crippen LogP) is 3.43. The van der Waals surface area contributed by atoms with Gasteiger partial charge in [-0.15, -0.1) is 24.0 Å². The maximum Gasteiger partial charge on any atom is 0.221 e. The highest BCUT2D eigenvalue weighted by molar-refractivity contribution is 14.0. The van der Waals surface area contributed by atoms with Gasteiger partial charge in [-0.05, 0) is 43.0 Å². The topological polar surface area (TPSA) is 82.8 Å². The smallest absolute Gasteiger partial charge is 0.221 e. The first-order chi connectivity index (χ1) is 14.5. The summed E-state index contributed by atoms with van der Waals surface area (Å²) in [6, 6.07) is 19.1. The first-order valence-electron chi connectivity index (χ1n) is 10.7. The molecular formula is C24H34IN5O. The maximum atomic E-state index is 11.5. The molecule has 31 heavy (non-hydrogen) atoms. The number of carbonyl (C=O) groups is 1. The molecule has 1 heterocycles. The Hall–Kier alpha value is -2.13. The van der Waals surface area contributed by atoms with Crippen molar-refractivity contribution in [1.82, 2.24) is 15.5 Å². The summed E-state index contributed by atoms with van der Waals surface area (Å²) in [5.41, 5.74) is 9.18. The summed E-state index contributed by atoms with van der Waals surface area (Å²) in [6.07, 6.45) is 1.93. The number of guanidine groups is 1. The zero-order valence-electron chi connectivity index (χ0n) is 18.4. The third-order valence-electron chi connectivity index (χ3n) is 5.64. The Kier molecular flexibility index (Phi) is 10.3. The van der Waals surface area contributed by atoms with Crippen LogP contribution >= 0.6 is 24.0 Å². The number of nitrogens with two attached hydrogens (primary N) is 1. The Balaban J connectivity index is 0.00000341. The maximum absolute atomic E-state index is 11.5. The molecule has 2 atom stereocenters. The molecule has 1 aliphatic rings. The number of halogens is 1. The van der Waals surface area contributed by atoms with E-state index in [9.17, 15) is 4.79 Å². The van der Waals surface area contributed by atoms with Gasteiger partial charge in [0, 0.05) is 26.7 Å². The molecule has 1 fully saturated rings. The summed E-state index contributed by atoms with van der Waals surface area (Å²) >= 11 is 0. The molecule has 0 saturated carbocycles. The van der Waals surface area contributed by atoms with Crippen LogP contribution < -0.4 is 16.4 Å². The third-order valence-corrected chi connectivity index (χ3v) is 5.64. The van der Waals surface area contributed by atoms with Crippen LogP contribution in [0.1, 0.15) is 42.5 Å². The van der Waals surface area contributed by atoms with Gasteiger partial charge in [0.25, 0.3) is 0 Å². The number of carbonyl (C=O) groups excluding carboxylic acids is 1. The summed E-state index contributed by atoms with van der Waals surface area (Å²) < 4.78 is 0. The second-order valence-electron chi connectivity index (χ2n) is 8.00.